The van der Waals surface area contributed by atoms with Crippen LogP contribution in [0.2, 0.25) is 0 Å². The number of anilines is 1. The maximum Gasteiger partial charge on any atom is 0.292 e. The van der Waals surface area contributed by atoms with Crippen molar-refractivity contribution in [3.8, 4) is 0 Å². The Morgan fingerprint density at radius 3 is 2.80 bits per heavy atom. The van der Waals surface area contributed by atoms with Gasteiger partial charge in [0.2, 0.25) is 0 Å². The van der Waals surface area contributed by atoms with Gasteiger partial charge in [0.1, 0.15) is 0 Å². The van der Waals surface area contributed by atoms with Crippen LogP contribution in [0.4, 0.5) is 5.69 Å². The lowest BCUT2D eigenvalue weighted by molar-refractivity contribution is -0.256. The highest BCUT2D eigenvalue weighted by molar-refractivity contribution is 9.09. The van der Waals surface area contributed by atoms with Crippen molar-refractivity contribution in [2.24, 2.45) is 0 Å². The molecule has 0 bridgehead atoms. The second-order valence-electron chi connectivity index (χ2n) is 5.14. The summed E-state index contributed by atoms with van der Waals surface area (Å²) in [6, 6.07) is 5.92. The molecule has 4 nitrogen and oxygen atoms in total. The number of hydrogen-bond donors (Lipinski definition) is 0. The van der Waals surface area contributed by atoms with Gasteiger partial charge in [0.05, 0.1) is 18.9 Å². The van der Waals surface area contributed by atoms with Crippen LogP contribution in [0.5, 0.6) is 0 Å². The third kappa shape index (κ3) is 2.00. The number of alkyl halides is 1. The van der Waals surface area contributed by atoms with Crippen LogP contribution in [0, 0.1) is 6.92 Å². The van der Waals surface area contributed by atoms with E-state index in [1.165, 1.54) is 0 Å². The lowest BCUT2D eigenvalue weighted by Crippen LogP contribution is -2.47. The molecule has 2 aliphatic rings. The SMILES string of the molecule is Cc1cccc2c1N(CCCBr)C(=O)C21OCCCO1. The molecular formula is C15H18BrNO3. The molecule has 1 saturated heterocycles. The molecule has 1 aromatic carbocycles. The summed E-state index contributed by atoms with van der Waals surface area (Å²) in [5.41, 5.74) is 2.90. The number of hydrogen-bond acceptors (Lipinski definition) is 3. The number of aryl methyl sites for hydroxylation is 1. The van der Waals surface area contributed by atoms with E-state index < -0.39 is 5.79 Å². The number of carbonyl (C=O) groups is 1. The quantitative estimate of drug-likeness (QED) is 0.795. The third-order valence-electron chi connectivity index (χ3n) is 3.80. The molecule has 5 heteroatoms. The van der Waals surface area contributed by atoms with E-state index in [0.717, 1.165) is 35.0 Å². The van der Waals surface area contributed by atoms with Crippen molar-refractivity contribution in [2.45, 2.75) is 25.6 Å². The van der Waals surface area contributed by atoms with Crippen molar-refractivity contribution in [3.63, 3.8) is 0 Å². The van der Waals surface area contributed by atoms with Gasteiger partial charge >= 0.3 is 0 Å². The zero-order chi connectivity index (χ0) is 14.2. The van der Waals surface area contributed by atoms with Crippen LogP contribution in [0.15, 0.2) is 18.2 Å². The summed E-state index contributed by atoms with van der Waals surface area (Å²) < 4.78 is 11.6. The fraction of sp³-hybridized carbons (Fsp3) is 0.533. The van der Waals surface area contributed by atoms with E-state index in [1.807, 2.05) is 30.0 Å². The number of rotatable bonds is 3. The van der Waals surface area contributed by atoms with E-state index in [0.29, 0.717) is 19.8 Å². The Hall–Kier alpha value is -0.910. The molecule has 1 amide bonds. The summed E-state index contributed by atoms with van der Waals surface area (Å²) in [5.74, 6) is -1.28. The number of fused-ring (bicyclic) bond motifs is 2. The number of nitrogens with zero attached hydrogens (tertiary/aromatic N) is 1. The summed E-state index contributed by atoms with van der Waals surface area (Å²) in [4.78, 5) is 14.7. The Balaban J connectivity index is 2.07. The van der Waals surface area contributed by atoms with Crippen LogP contribution in [-0.4, -0.2) is 31.0 Å². The number of carbonyl (C=O) groups excluding carboxylic acids is 1. The zero-order valence-electron chi connectivity index (χ0n) is 11.5. The lowest BCUT2D eigenvalue weighted by atomic mass is 10.0. The molecule has 1 spiro atoms. The molecule has 0 saturated carbocycles. The average molecular weight is 340 g/mol. The number of amides is 1. The molecule has 20 heavy (non-hydrogen) atoms. The third-order valence-corrected chi connectivity index (χ3v) is 4.36. The number of ether oxygens (including phenoxy) is 2. The first kappa shape index (κ1) is 14.0. The Bertz CT molecular complexity index is 526. The molecule has 0 radical (unpaired) electrons. The maximum absolute atomic E-state index is 12.9. The smallest absolute Gasteiger partial charge is 0.292 e. The molecule has 0 unspecified atom stereocenters. The van der Waals surface area contributed by atoms with E-state index in [2.05, 4.69) is 15.9 Å². The van der Waals surface area contributed by atoms with Gasteiger partial charge < -0.3 is 14.4 Å². The highest BCUT2D eigenvalue weighted by atomic mass is 79.9. The van der Waals surface area contributed by atoms with E-state index in [4.69, 9.17) is 9.47 Å². The van der Waals surface area contributed by atoms with Gasteiger partial charge in [-0.25, -0.2) is 0 Å². The van der Waals surface area contributed by atoms with Crippen LogP contribution in [0.25, 0.3) is 0 Å². The first-order valence-electron chi connectivity index (χ1n) is 6.96. The molecule has 2 aliphatic heterocycles. The van der Waals surface area contributed by atoms with Crippen molar-refractivity contribution >= 4 is 27.5 Å². The molecule has 2 heterocycles. The number of halogens is 1. The Morgan fingerprint density at radius 1 is 1.35 bits per heavy atom. The van der Waals surface area contributed by atoms with Crippen LogP contribution in [0.1, 0.15) is 24.0 Å². The van der Waals surface area contributed by atoms with Crippen molar-refractivity contribution in [2.75, 3.05) is 30.0 Å². The largest absolute Gasteiger partial charge is 0.338 e. The second kappa shape index (κ2) is 5.47. The van der Waals surface area contributed by atoms with Crippen molar-refractivity contribution < 1.29 is 14.3 Å². The van der Waals surface area contributed by atoms with Gasteiger partial charge in [0.25, 0.3) is 11.7 Å². The fourth-order valence-corrected chi connectivity index (χ4v) is 3.17. The summed E-state index contributed by atoms with van der Waals surface area (Å²) in [5, 5.41) is 0.868. The summed E-state index contributed by atoms with van der Waals surface area (Å²) in [6.07, 6.45) is 1.73. The topological polar surface area (TPSA) is 38.8 Å². The zero-order valence-corrected chi connectivity index (χ0v) is 13.1. The first-order valence-corrected chi connectivity index (χ1v) is 8.09. The molecule has 108 valence electrons. The predicted octanol–water partition coefficient (Wildman–Crippen LogP) is 2.72. The fourth-order valence-electron chi connectivity index (χ4n) is 2.92. The molecule has 0 aliphatic carbocycles. The first-order chi connectivity index (χ1) is 9.70. The second-order valence-corrected chi connectivity index (χ2v) is 5.93. The van der Waals surface area contributed by atoms with E-state index in [9.17, 15) is 4.79 Å². The van der Waals surface area contributed by atoms with E-state index >= 15 is 0 Å². The van der Waals surface area contributed by atoms with Gasteiger partial charge in [-0.05, 0) is 25.3 Å². The standard InChI is InChI=1S/C15H18BrNO3/c1-11-5-2-6-12-13(11)17(8-3-7-16)14(18)15(12)19-9-4-10-20-15/h2,5-6H,3-4,7-10H2,1H3. The molecule has 3 rings (SSSR count). The van der Waals surface area contributed by atoms with Gasteiger partial charge in [-0.1, -0.05) is 34.1 Å². The van der Waals surface area contributed by atoms with E-state index in [1.54, 1.807) is 0 Å². The average Bonchev–Trinajstić information content (AvgIpc) is 2.70. The lowest BCUT2D eigenvalue weighted by Gasteiger charge is -2.32. The minimum atomic E-state index is -1.20. The summed E-state index contributed by atoms with van der Waals surface area (Å²) in [6.45, 7) is 3.82. The van der Waals surface area contributed by atoms with Gasteiger partial charge in [-0.2, -0.15) is 0 Å². The van der Waals surface area contributed by atoms with Gasteiger partial charge in [0.15, 0.2) is 0 Å². The Labute approximate surface area is 127 Å². The van der Waals surface area contributed by atoms with Crippen LogP contribution < -0.4 is 4.90 Å². The monoisotopic (exact) mass is 339 g/mol. The number of benzene rings is 1. The predicted molar refractivity (Wildman–Crippen MR) is 80.1 cm³/mol. The van der Waals surface area contributed by atoms with Crippen molar-refractivity contribution in [1.82, 2.24) is 0 Å². The minimum absolute atomic E-state index is 0.0811. The maximum atomic E-state index is 12.9. The molecule has 1 fully saturated rings. The summed E-state index contributed by atoms with van der Waals surface area (Å²) >= 11 is 3.42. The molecule has 0 atom stereocenters. The van der Waals surface area contributed by atoms with E-state index in [-0.39, 0.29) is 5.91 Å². The highest BCUT2D eigenvalue weighted by Gasteiger charge is 2.55. The number of para-hydroxylation sites is 1. The Morgan fingerprint density at radius 2 is 2.10 bits per heavy atom. The minimum Gasteiger partial charge on any atom is -0.338 e. The Kier molecular flexibility index (Phi) is 3.84. The van der Waals surface area contributed by atoms with Gasteiger partial charge in [-0.3, -0.25) is 4.79 Å². The molecule has 0 aromatic heterocycles. The van der Waals surface area contributed by atoms with Crippen LogP contribution >= 0.6 is 15.9 Å². The van der Waals surface area contributed by atoms with Crippen molar-refractivity contribution in [1.29, 1.82) is 0 Å². The molecule has 1 aromatic rings. The van der Waals surface area contributed by atoms with Crippen LogP contribution in [0.3, 0.4) is 0 Å². The van der Waals surface area contributed by atoms with Crippen LogP contribution in [-0.2, 0) is 20.1 Å². The van der Waals surface area contributed by atoms with Crippen molar-refractivity contribution in [3.05, 3.63) is 29.3 Å². The van der Waals surface area contributed by atoms with Gasteiger partial charge in [-0.15, -0.1) is 0 Å². The summed E-state index contributed by atoms with van der Waals surface area (Å²) in [7, 11) is 0. The molecular weight excluding hydrogens is 322 g/mol. The molecule has 0 N–H and O–H groups in total. The normalized spacial score (nSPS) is 20.5. The highest BCUT2D eigenvalue weighted by Crippen LogP contribution is 2.46. The van der Waals surface area contributed by atoms with Gasteiger partial charge in [0, 0.05) is 17.4 Å².